The first-order valence-corrected chi connectivity index (χ1v) is 12.1. The van der Waals surface area contributed by atoms with E-state index < -0.39 is 14.9 Å². The number of nitro groups is 1. The Bertz CT molecular complexity index is 1240. The van der Waals surface area contributed by atoms with Crippen LogP contribution in [0.15, 0.2) is 52.5 Å². The minimum absolute atomic E-state index is 0.00350. The van der Waals surface area contributed by atoms with Crippen LogP contribution in [0.5, 0.6) is 0 Å². The fourth-order valence-corrected chi connectivity index (χ4v) is 5.76. The number of unbranched alkanes of at least 4 members (excludes halogenated alkanes) is 1. The predicted octanol–water partition coefficient (Wildman–Crippen LogP) is 3.50. The van der Waals surface area contributed by atoms with Gasteiger partial charge in [0, 0.05) is 18.7 Å². The van der Waals surface area contributed by atoms with Crippen LogP contribution in [0.1, 0.15) is 25.3 Å². The van der Waals surface area contributed by atoms with E-state index in [1.807, 2.05) is 6.92 Å². The second-order valence-corrected chi connectivity index (χ2v) is 9.55. The highest BCUT2D eigenvalue weighted by atomic mass is 32.2. The Labute approximate surface area is 184 Å². The van der Waals surface area contributed by atoms with Gasteiger partial charge in [-0.1, -0.05) is 43.3 Å². The van der Waals surface area contributed by atoms with Crippen LogP contribution in [0, 0.1) is 17.0 Å². The first-order chi connectivity index (χ1) is 14.8. The largest absolute Gasteiger partial charge is 0.355 e. The molecule has 0 bridgehead atoms. The molecule has 2 aromatic carbocycles. The van der Waals surface area contributed by atoms with Crippen LogP contribution in [0.3, 0.4) is 0 Å². The zero-order valence-electron chi connectivity index (χ0n) is 17.1. The summed E-state index contributed by atoms with van der Waals surface area (Å²) in [5.74, 6) is -0.225. The molecule has 0 spiro atoms. The number of amides is 1. The molecule has 3 rings (SSSR count). The van der Waals surface area contributed by atoms with Crippen LogP contribution in [-0.4, -0.2) is 40.5 Å². The van der Waals surface area contributed by atoms with E-state index in [2.05, 4.69) is 10.3 Å². The first kappa shape index (κ1) is 22.8. The molecular weight excluding hydrogens is 440 g/mol. The lowest BCUT2D eigenvalue weighted by Gasteiger charge is -2.12. The molecule has 3 aromatic rings. The molecule has 11 heteroatoms. The van der Waals surface area contributed by atoms with Gasteiger partial charge in [0.15, 0.2) is 5.16 Å². The van der Waals surface area contributed by atoms with E-state index in [0.29, 0.717) is 23.1 Å². The van der Waals surface area contributed by atoms with Crippen molar-refractivity contribution in [2.45, 2.75) is 36.7 Å². The second-order valence-electron chi connectivity index (χ2n) is 6.85. The van der Waals surface area contributed by atoms with Crippen molar-refractivity contribution in [3.8, 4) is 0 Å². The van der Waals surface area contributed by atoms with Crippen molar-refractivity contribution >= 4 is 44.4 Å². The Morgan fingerprint density at radius 3 is 2.71 bits per heavy atom. The topological polar surface area (TPSA) is 124 Å². The third-order valence-electron chi connectivity index (χ3n) is 4.58. The van der Waals surface area contributed by atoms with Gasteiger partial charge in [-0.25, -0.2) is 17.4 Å². The van der Waals surface area contributed by atoms with Gasteiger partial charge in [0.05, 0.1) is 26.6 Å². The molecule has 164 valence electrons. The molecule has 1 aromatic heterocycles. The molecule has 0 atom stereocenters. The lowest BCUT2D eigenvalue weighted by molar-refractivity contribution is -0.385. The molecular formula is C20H22N4O5S2. The number of para-hydroxylation sites is 2. The van der Waals surface area contributed by atoms with Crippen molar-refractivity contribution in [2.75, 3.05) is 12.3 Å². The van der Waals surface area contributed by atoms with E-state index in [0.717, 1.165) is 34.6 Å². The maximum atomic E-state index is 13.6. The van der Waals surface area contributed by atoms with Crippen LogP contribution in [0.2, 0.25) is 0 Å². The van der Waals surface area contributed by atoms with E-state index in [9.17, 15) is 23.3 Å². The Morgan fingerprint density at radius 1 is 1.26 bits per heavy atom. The maximum absolute atomic E-state index is 13.6. The fourth-order valence-electron chi connectivity index (χ4n) is 2.97. The Balaban J connectivity index is 2.05. The number of non-ortho nitro benzene ring substituents is 1. The van der Waals surface area contributed by atoms with E-state index in [1.165, 1.54) is 12.1 Å². The van der Waals surface area contributed by atoms with Gasteiger partial charge in [-0.3, -0.25) is 14.9 Å². The number of aryl methyl sites for hydroxylation is 1. The maximum Gasteiger partial charge on any atom is 0.270 e. The van der Waals surface area contributed by atoms with E-state index in [-0.39, 0.29) is 27.4 Å². The Hall–Kier alpha value is -2.92. The SMILES string of the molecule is CCCCNC(=O)CSc1nc2ccccc2n1S(=O)(=O)c1cc([N+](=O)[O-])ccc1C. The van der Waals surface area contributed by atoms with Gasteiger partial charge in [0.1, 0.15) is 0 Å². The zero-order chi connectivity index (χ0) is 22.6. The summed E-state index contributed by atoms with van der Waals surface area (Å²) in [7, 11) is -4.21. The number of hydrogen-bond acceptors (Lipinski definition) is 7. The number of nitrogens with zero attached hydrogens (tertiary/aromatic N) is 3. The van der Waals surface area contributed by atoms with E-state index in [4.69, 9.17) is 0 Å². The van der Waals surface area contributed by atoms with Gasteiger partial charge in [-0.15, -0.1) is 0 Å². The average molecular weight is 463 g/mol. The normalized spacial score (nSPS) is 11.5. The lowest BCUT2D eigenvalue weighted by atomic mass is 10.2. The van der Waals surface area contributed by atoms with Crippen LogP contribution < -0.4 is 5.32 Å². The number of fused-ring (bicyclic) bond motifs is 1. The summed E-state index contributed by atoms with van der Waals surface area (Å²) < 4.78 is 28.2. The molecule has 0 saturated carbocycles. The number of nitrogens with one attached hydrogen (secondary N) is 1. The van der Waals surface area contributed by atoms with Crippen molar-refractivity contribution in [3.05, 3.63) is 58.1 Å². The Morgan fingerprint density at radius 2 is 2.00 bits per heavy atom. The van der Waals surface area contributed by atoms with Gasteiger partial charge >= 0.3 is 0 Å². The number of hydrogen-bond donors (Lipinski definition) is 1. The average Bonchev–Trinajstić information content (AvgIpc) is 3.11. The molecule has 0 radical (unpaired) electrons. The molecule has 31 heavy (non-hydrogen) atoms. The van der Waals surface area contributed by atoms with Crippen LogP contribution >= 0.6 is 11.8 Å². The summed E-state index contributed by atoms with van der Waals surface area (Å²) in [4.78, 5) is 26.9. The number of carbonyl (C=O) groups is 1. The third kappa shape index (κ3) is 4.88. The summed E-state index contributed by atoms with van der Waals surface area (Å²) >= 11 is 1.00. The summed E-state index contributed by atoms with van der Waals surface area (Å²) in [6, 6.07) is 10.4. The van der Waals surface area contributed by atoms with E-state index >= 15 is 0 Å². The molecule has 0 fully saturated rings. The van der Waals surface area contributed by atoms with Crippen molar-refractivity contribution in [1.29, 1.82) is 0 Å². The summed E-state index contributed by atoms with van der Waals surface area (Å²) in [5.41, 5.74) is 0.833. The van der Waals surface area contributed by atoms with Crippen LogP contribution in [0.25, 0.3) is 11.0 Å². The number of nitro benzene ring substituents is 1. The lowest BCUT2D eigenvalue weighted by Crippen LogP contribution is -2.26. The monoisotopic (exact) mass is 462 g/mol. The van der Waals surface area contributed by atoms with Crippen molar-refractivity contribution < 1.29 is 18.1 Å². The highest BCUT2D eigenvalue weighted by Crippen LogP contribution is 2.31. The van der Waals surface area contributed by atoms with Crippen LogP contribution in [-0.2, 0) is 14.8 Å². The number of imidazole rings is 1. The third-order valence-corrected chi connectivity index (χ3v) is 7.48. The zero-order valence-corrected chi connectivity index (χ0v) is 18.7. The van der Waals surface area contributed by atoms with Gasteiger partial charge in [0.25, 0.3) is 15.7 Å². The summed E-state index contributed by atoms with van der Waals surface area (Å²) in [6.07, 6.45) is 1.80. The quantitative estimate of drug-likeness (QED) is 0.223. The predicted molar refractivity (Wildman–Crippen MR) is 119 cm³/mol. The minimum atomic E-state index is -4.21. The molecule has 0 aliphatic rings. The molecule has 0 unspecified atom stereocenters. The minimum Gasteiger partial charge on any atom is -0.355 e. The number of carbonyl (C=O) groups excluding carboxylic acids is 1. The van der Waals surface area contributed by atoms with Crippen molar-refractivity contribution in [2.24, 2.45) is 0 Å². The highest BCUT2D eigenvalue weighted by Gasteiger charge is 2.28. The Kier molecular flexibility index (Phi) is 6.96. The number of thioether (sulfide) groups is 1. The smallest absolute Gasteiger partial charge is 0.270 e. The number of aromatic nitrogens is 2. The molecule has 1 heterocycles. The molecule has 0 saturated heterocycles. The molecule has 1 amide bonds. The van der Waals surface area contributed by atoms with Gasteiger partial charge in [-0.2, -0.15) is 0 Å². The summed E-state index contributed by atoms with van der Waals surface area (Å²) in [6.45, 7) is 4.14. The van der Waals surface area contributed by atoms with Crippen molar-refractivity contribution in [3.63, 3.8) is 0 Å². The number of rotatable bonds is 9. The highest BCUT2D eigenvalue weighted by molar-refractivity contribution is 8.00. The van der Waals surface area contributed by atoms with E-state index in [1.54, 1.807) is 31.2 Å². The molecule has 1 N–H and O–H groups in total. The van der Waals surface area contributed by atoms with Crippen LogP contribution in [0.4, 0.5) is 5.69 Å². The van der Waals surface area contributed by atoms with Crippen molar-refractivity contribution in [1.82, 2.24) is 14.3 Å². The van der Waals surface area contributed by atoms with Gasteiger partial charge in [-0.05, 0) is 31.0 Å². The van der Waals surface area contributed by atoms with Gasteiger partial charge in [0.2, 0.25) is 5.91 Å². The second kappa shape index (κ2) is 9.48. The van der Waals surface area contributed by atoms with Gasteiger partial charge < -0.3 is 5.32 Å². The fraction of sp³-hybridized carbons (Fsp3) is 0.300. The standard InChI is InChI=1S/C20H22N4O5S2/c1-3-4-11-21-19(25)13-30-20-22-16-7-5-6-8-17(16)23(20)31(28,29)18-12-15(24(26)27)10-9-14(18)2/h5-10,12H,3-4,11,13H2,1-2H3,(H,21,25). The number of benzene rings is 2. The molecule has 0 aliphatic carbocycles. The molecule has 0 aliphatic heterocycles. The first-order valence-electron chi connectivity index (χ1n) is 9.63. The molecule has 9 nitrogen and oxygen atoms in total. The summed E-state index contributed by atoms with van der Waals surface area (Å²) in [5, 5.41) is 14.1.